The molecule has 2 aromatic carbocycles. The lowest BCUT2D eigenvalue weighted by molar-refractivity contribution is -0.114. The molecule has 0 atom stereocenters. The smallest absolute Gasteiger partial charge is 0.246 e. The number of carbonyl (C=O) groups excluding carboxylic acids is 1. The third kappa shape index (κ3) is 5.09. The van der Waals surface area contributed by atoms with E-state index in [-0.39, 0.29) is 6.54 Å². The van der Waals surface area contributed by atoms with Gasteiger partial charge in [-0.05, 0) is 42.8 Å². The number of benzene rings is 2. The van der Waals surface area contributed by atoms with Gasteiger partial charge in [-0.25, -0.2) is 8.42 Å². The van der Waals surface area contributed by atoms with Crippen LogP contribution in [0.1, 0.15) is 5.56 Å². The van der Waals surface area contributed by atoms with Crippen molar-refractivity contribution in [2.75, 3.05) is 29.5 Å². The number of sulfonamides is 1. The van der Waals surface area contributed by atoms with E-state index >= 15 is 0 Å². The van der Waals surface area contributed by atoms with Gasteiger partial charge in [0.1, 0.15) is 17.3 Å². The van der Waals surface area contributed by atoms with Crippen LogP contribution >= 0.6 is 11.3 Å². The van der Waals surface area contributed by atoms with E-state index in [1.807, 2.05) is 12.1 Å². The summed E-state index contributed by atoms with van der Waals surface area (Å²) in [5.74, 6) is 0.222. The van der Waals surface area contributed by atoms with E-state index in [1.54, 1.807) is 50.4 Å². The lowest BCUT2D eigenvalue weighted by Gasteiger charge is -2.23. The molecule has 1 N–H and O–H groups in total. The van der Waals surface area contributed by atoms with Crippen molar-refractivity contribution < 1.29 is 17.9 Å². The number of rotatable bonds is 7. The van der Waals surface area contributed by atoms with Gasteiger partial charge in [0.2, 0.25) is 21.1 Å². The third-order valence-corrected chi connectivity index (χ3v) is 6.09. The van der Waals surface area contributed by atoms with Gasteiger partial charge in [-0.3, -0.25) is 14.4 Å². The number of nitrogens with zero attached hydrogens (tertiary/aromatic N) is 3. The fourth-order valence-electron chi connectivity index (χ4n) is 2.64. The fourth-order valence-corrected chi connectivity index (χ4v) is 4.32. The van der Waals surface area contributed by atoms with Crippen molar-refractivity contribution in [1.29, 1.82) is 0 Å². The van der Waals surface area contributed by atoms with Crippen molar-refractivity contribution >= 4 is 38.1 Å². The molecule has 3 rings (SSSR count). The monoisotopic (exact) mass is 432 g/mol. The number of methoxy groups -OCH3 is 1. The van der Waals surface area contributed by atoms with Crippen LogP contribution in [0.2, 0.25) is 0 Å². The average molecular weight is 433 g/mol. The molecule has 0 spiro atoms. The highest BCUT2D eigenvalue weighted by Gasteiger charge is 2.22. The molecule has 10 heteroatoms. The quantitative estimate of drug-likeness (QED) is 0.616. The van der Waals surface area contributed by atoms with Gasteiger partial charge < -0.3 is 4.74 Å². The summed E-state index contributed by atoms with van der Waals surface area (Å²) in [6.07, 6.45) is 1.07. The van der Waals surface area contributed by atoms with Crippen molar-refractivity contribution in [1.82, 2.24) is 10.2 Å². The van der Waals surface area contributed by atoms with Gasteiger partial charge in [-0.1, -0.05) is 29.5 Å². The maximum absolute atomic E-state index is 12.5. The Morgan fingerprint density at radius 1 is 1.14 bits per heavy atom. The van der Waals surface area contributed by atoms with Crippen molar-refractivity contribution in [3.8, 4) is 16.3 Å². The largest absolute Gasteiger partial charge is 0.497 e. The summed E-state index contributed by atoms with van der Waals surface area (Å²) in [5.41, 5.74) is 2.05. The molecule has 0 radical (unpaired) electrons. The topological polar surface area (TPSA) is 101 Å². The van der Waals surface area contributed by atoms with Gasteiger partial charge in [0.25, 0.3) is 0 Å². The van der Waals surface area contributed by atoms with Crippen LogP contribution in [0.3, 0.4) is 0 Å². The van der Waals surface area contributed by atoms with Crippen LogP contribution in [0.25, 0.3) is 10.6 Å². The zero-order valence-corrected chi connectivity index (χ0v) is 17.8. The Balaban J connectivity index is 1.74. The first kappa shape index (κ1) is 20.7. The Morgan fingerprint density at radius 2 is 1.83 bits per heavy atom. The molecule has 0 bridgehead atoms. The fraction of sp³-hybridized carbons (Fsp3) is 0.211. The van der Waals surface area contributed by atoms with Gasteiger partial charge in [0.05, 0.1) is 19.1 Å². The molecule has 1 amide bonds. The summed E-state index contributed by atoms with van der Waals surface area (Å²) in [7, 11) is -2.06. The molecule has 0 fully saturated rings. The molecule has 3 aromatic rings. The SMILES string of the molecule is COc1ccc(-c2nnc(NC(=O)CN(c3ccccc3C)S(C)(=O)=O)s2)cc1. The van der Waals surface area contributed by atoms with Crippen LogP contribution < -0.4 is 14.4 Å². The molecule has 0 unspecified atom stereocenters. The zero-order chi connectivity index (χ0) is 21.0. The number of aromatic nitrogens is 2. The van der Waals surface area contributed by atoms with E-state index in [1.165, 1.54) is 11.3 Å². The molecular formula is C19H20N4O4S2. The molecule has 8 nitrogen and oxygen atoms in total. The lowest BCUT2D eigenvalue weighted by Crippen LogP contribution is -2.37. The average Bonchev–Trinajstić information content (AvgIpc) is 3.14. The number of para-hydroxylation sites is 1. The van der Waals surface area contributed by atoms with Crippen molar-refractivity contribution in [3.63, 3.8) is 0 Å². The van der Waals surface area contributed by atoms with E-state index < -0.39 is 15.9 Å². The highest BCUT2D eigenvalue weighted by atomic mass is 32.2. The summed E-state index contributed by atoms with van der Waals surface area (Å²) in [6, 6.07) is 14.3. The summed E-state index contributed by atoms with van der Waals surface area (Å²) in [4.78, 5) is 12.5. The molecule has 29 heavy (non-hydrogen) atoms. The second-order valence-electron chi connectivity index (χ2n) is 6.25. The van der Waals surface area contributed by atoms with E-state index in [4.69, 9.17) is 4.74 Å². The number of carbonyl (C=O) groups is 1. The molecule has 0 aliphatic rings. The number of hydrogen-bond acceptors (Lipinski definition) is 7. The van der Waals surface area contributed by atoms with Gasteiger partial charge in [-0.15, -0.1) is 10.2 Å². The summed E-state index contributed by atoms with van der Waals surface area (Å²) in [6.45, 7) is 1.43. The summed E-state index contributed by atoms with van der Waals surface area (Å²) >= 11 is 1.20. The molecule has 0 saturated heterocycles. The predicted octanol–water partition coefficient (Wildman–Crippen LogP) is 2.93. The minimum atomic E-state index is -3.64. The Hall–Kier alpha value is -2.98. The first-order valence-electron chi connectivity index (χ1n) is 8.59. The maximum Gasteiger partial charge on any atom is 0.246 e. The highest BCUT2D eigenvalue weighted by molar-refractivity contribution is 7.92. The van der Waals surface area contributed by atoms with E-state index in [0.717, 1.165) is 27.4 Å². The van der Waals surface area contributed by atoms with Crippen molar-refractivity contribution in [2.45, 2.75) is 6.92 Å². The standard InChI is InChI=1S/C19H20N4O4S2/c1-13-6-4-5-7-16(13)23(29(3,25)26)12-17(24)20-19-22-21-18(28-19)14-8-10-15(27-2)11-9-14/h4-11H,12H2,1-3H3,(H,20,22,24). The van der Waals surface area contributed by atoms with Crippen LogP contribution in [0.4, 0.5) is 10.8 Å². The molecular weight excluding hydrogens is 412 g/mol. The number of hydrogen-bond donors (Lipinski definition) is 1. The van der Waals surface area contributed by atoms with E-state index in [9.17, 15) is 13.2 Å². The van der Waals surface area contributed by atoms with Crippen LogP contribution in [0.5, 0.6) is 5.75 Å². The minimum Gasteiger partial charge on any atom is -0.497 e. The van der Waals surface area contributed by atoms with E-state index in [2.05, 4.69) is 15.5 Å². The Bertz CT molecular complexity index is 1110. The number of ether oxygens (including phenoxy) is 1. The zero-order valence-electron chi connectivity index (χ0n) is 16.1. The van der Waals surface area contributed by atoms with Crippen LogP contribution in [0, 0.1) is 6.92 Å². The van der Waals surface area contributed by atoms with Crippen LogP contribution in [-0.2, 0) is 14.8 Å². The van der Waals surface area contributed by atoms with Gasteiger partial charge in [0.15, 0.2) is 0 Å². The van der Waals surface area contributed by atoms with Crippen LogP contribution in [-0.4, -0.2) is 44.4 Å². The van der Waals surface area contributed by atoms with Gasteiger partial charge >= 0.3 is 0 Å². The maximum atomic E-state index is 12.5. The molecule has 0 aliphatic heterocycles. The molecule has 0 aliphatic carbocycles. The van der Waals surface area contributed by atoms with Gasteiger partial charge in [0, 0.05) is 5.56 Å². The number of nitrogens with one attached hydrogen (secondary N) is 1. The summed E-state index contributed by atoms with van der Waals surface area (Å²) in [5, 5.41) is 11.6. The van der Waals surface area contributed by atoms with Crippen molar-refractivity contribution in [3.05, 3.63) is 54.1 Å². The normalized spacial score (nSPS) is 11.1. The number of aryl methyl sites for hydroxylation is 1. The first-order valence-corrected chi connectivity index (χ1v) is 11.3. The third-order valence-electron chi connectivity index (χ3n) is 4.08. The summed E-state index contributed by atoms with van der Waals surface area (Å²) < 4.78 is 30.6. The van der Waals surface area contributed by atoms with Crippen molar-refractivity contribution in [2.24, 2.45) is 0 Å². The molecule has 0 saturated carbocycles. The Labute approximate surface area is 173 Å². The second kappa shape index (κ2) is 8.58. The number of amides is 1. The Kier molecular flexibility index (Phi) is 6.14. The molecule has 1 heterocycles. The second-order valence-corrected chi connectivity index (χ2v) is 9.13. The Morgan fingerprint density at radius 3 is 2.45 bits per heavy atom. The molecule has 152 valence electrons. The predicted molar refractivity (Wildman–Crippen MR) is 114 cm³/mol. The first-order chi connectivity index (χ1) is 13.8. The highest BCUT2D eigenvalue weighted by Crippen LogP contribution is 2.28. The lowest BCUT2D eigenvalue weighted by atomic mass is 10.2. The van der Waals surface area contributed by atoms with Crippen LogP contribution in [0.15, 0.2) is 48.5 Å². The molecule has 1 aromatic heterocycles. The van der Waals surface area contributed by atoms with Gasteiger partial charge in [-0.2, -0.15) is 0 Å². The van der Waals surface area contributed by atoms with E-state index in [0.29, 0.717) is 15.8 Å². The number of anilines is 2. The minimum absolute atomic E-state index is 0.291.